The van der Waals surface area contributed by atoms with Crippen molar-refractivity contribution in [2.75, 3.05) is 0 Å². The molecular formula is C14H19O. The summed E-state index contributed by atoms with van der Waals surface area (Å²) in [5.41, 5.74) is 1.24. The number of hydrogen-bond donors (Lipinski definition) is 0. The molecule has 1 aromatic carbocycles. The summed E-state index contributed by atoms with van der Waals surface area (Å²) in [4.78, 5) is 0. The Bertz CT molecular complexity index is 300. The van der Waals surface area contributed by atoms with Gasteiger partial charge >= 0.3 is 0 Å². The fourth-order valence-corrected chi connectivity index (χ4v) is 2.14. The van der Waals surface area contributed by atoms with Gasteiger partial charge in [-0.1, -0.05) is 25.5 Å². The van der Waals surface area contributed by atoms with Crippen molar-refractivity contribution in [2.24, 2.45) is 0 Å². The molecule has 0 spiro atoms. The highest BCUT2D eigenvalue weighted by molar-refractivity contribution is 5.32. The first-order valence-electron chi connectivity index (χ1n) is 5.94. The Hall–Kier alpha value is -0.980. The van der Waals surface area contributed by atoms with E-state index in [4.69, 9.17) is 4.74 Å². The maximum absolute atomic E-state index is 5.98. The monoisotopic (exact) mass is 203 g/mol. The molecule has 0 aliphatic heterocycles. The molecule has 1 saturated carbocycles. The first-order chi connectivity index (χ1) is 7.38. The molecular weight excluding hydrogens is 184 g/mol. The van der Waals surface area contributed by atoms with Crippen LogP contribution in [0.4, 0.5) is 0 Å². The molecule has 1 fully saturated rings. The zero-order valence-electron chi connectivity index (χ0n) is 9.41. The number of hydrogen-bond acceptors (Lipinski definition) is 1. The van der Waals surface area contributed by atoms with E-state index >= 15 is 0 Å². The lowest BCUT2D eigenvalue weighted by Gasteiger charge is -2.23. The zero-order valence-corrected chi connectivity index (χ0v) is 9.41. The molecule has 0 unspecified atom stereocenters. The van der Waals surface area contributed by atoms with Crippen molar-refractivity contribution in [3.05, 3.63) is 36.2 Å². The fraction of sp³-hybridized carbons (Fsp3) is 0.500. The first-order valence-corrected chi connectivity index (χ1v) is 5.94. The second-order valence-electron chi connectivity index (χ2n) is 4.24. The highest BCUT2D eigenvalue weighted by Gasteiger charge is 2.14. The van der Waals surface area contributed by atoms with Gasteiger partial charge in [-0.2, -0.15) is 0 Å². The van der Waals surface area contributed by atoms with Crippen LogP contribution in [0.5, 0.6) is 5.75 Å². The molecule has 1 nitrogen and oxygen atoms in total. The lowest BCUT2D eigenvalue weighted by atomic mass is 9.98. The molecule has 1 aliphatic carbocycles. The third-order valence-corrected chi connectivity index (χ3v) is 3.05. The average Bonchev–Trinajstić information content (AvgIpc) is 2.31. The second kappa shape index (κ2) is 5.20. The van der Waals surface area contributed by atoms with Crippen LogP contribution in [0.2, 0.25) is 0 Å². The van der Waals surface area contributed by atoms with Gasteiger partial charge in [-0.15, -0.1) is 0 Å². The number of rotatable bonds is 3. The molecule has 1 aromatic rings. The van der Waals surface area contributed by atoms with Crippen LogP contribution in [0.1, 0.15) is 44.6 Å². The Balaban J connectivity index is 1.96. The van der Waals surface area contributed by atoms with Crippen LogP contribution >= 0.6 is 0 Å². The minimum Gasteiger partial charge on any atom is -0.490 e. The van der Waals surface area contributed by atoms with E-state index in [1.54, 1.807) is 0 Å². The van der Waals surface area contributed by atoms with E-state index < -0.39 is 0 Å². The Morgan fingerprint density at radius 3 is 2.73 bits per heavy atom. The smallest absolute Gasteiger partial charge is 0.119 e. The molecule has 0 amide bonds. The average molecular weight is 203 g/mol. The summed E-state index contributed by atoms with van der Waals surface area (Å²) in [6, 6.07) is 8.34. The van der Waals surface area contributed by atoms with Gasteiger partial charge in [-0.3, -0.25) is 0 Å². The van der Waals surface area contributed by atoms with Crippen LogP contribution < -0.4 is 4.74 Å². The van der Waals surface area contributed by atoms with Crippen LogP contribution in [-0.4, -0.2) is 6.10 Å². The molecule has 0 saturated heterocycles. The normalized spacial score (nSPS) is 17.7. The summed E-state index contributed by atoms with van der Waals surface area (Å²) in [7, 11) is 0. The summed E-state index contributed by atoms with van der Waals surface area (Å²) in [6.45, 7) is 2.06. The minimum absolute atomic E-state index is 0.450. The van der Waals surface area contributed by atoms with E-state index in [0.29, 0.717) is 6.10 Å². The van der Waals surface area contributed by atoms with Crippen LogP contribution in [0.25, 0.3) is 0 Å². The van der Waals surface area contributed by atoms with Gasteiger partial charge in [0.05, 0.1) is 6.10 Å². The van der Waals surface area contributed by atoms with Gasteiger partial charge in [-0.05, 0) is 49.8 Å². The van der Waals surface area contributed by atoms with E-state index in [2.05, 4.69) is 37.6 Å². The molecule has 0 aromatic heterocycles. The van der Waals surface area contributed by atoms with Gasteiger partial charge in [-0.25, -0.2) is 0 Å². The highest BCUT2D eigenvalue weighted by Crippen LogP contribution is 2.24. The molecule has 0 heterocycles. The zero-order chi connectivity index (χ0) is 10.5. The van der Waals surface area contributed by atoms with Gasteiger partial charge in [0.1, 0.15) is 5.75 Å². The van der Waals surface area contributed by atoms with Crippen molar-refractivity contribution < 1.29 is 4.74 Å². The molecule has 2 rings (SSSR count). The third kappa shape index (κ3) is 2.98. The standard InChI is InChI=1S/C14H19O/c1-2-12-7-6-10-14(11-12)15-13-8-4-3-5-9-13/h2,6-7,10-11,13H,3-5,8-9H2,1H3. The largest absolute Gasteiger partial charge is 0.490 e. The van der Waals surface area contributed by atoms with E-state index in [1.807, 2.05) is 0 Å². The van der Waals surface area contributed by atoms with Crippen LogP contribution in [0, 0.1) is 6.42 Å². The van der Waals surface area contributed by atoms with E-state index in [1.165, 1.54) is 37.7 Å². The Labute approximate surface area is 92.5 Å². The number of benzene rings is 1. The highest BCUT2D eigenvalue weighted by atomic mass is 16.5. The maximum Gasteiger partial charge on any atom is 0.119 e. The molecule has 1 heteroatoms. The van der Waals surface area contributed by atoms with Crippen molar-refractivity contribution in [3.63, 3.8) is 0 Å². The third-order valence-electron chi connectivity index (χ3n) is 3.05. The van der Waals surface area contributed by atoms with Gasteiger partial charge < -0.3 is 4.74 Å². The van der Waals surface area contributed by atoms with Crippen molar-refractivity contribution in [3.8, 4) is 5.75 Å². The van der Waals surface area contributed by atoms with Gasteiger partial charge in [0, 0.05) is 0 Å². The molecule has 0 bridgehead atoms. The summed E-state index contributed by atoms with van der Waals surface area (Å²) < 4.78 is 5.98. The Kier molecular flexibility index (Phi) is 3.65. The minimum atomic E-state index is 0.450. The van der Waals surface area contributed by atoms with Crippen LogP contribution in [0.3, 0.4) is 0 Å². The van der Waals surface area contributed by atoms with Crippen molar-refractivity contribution in [1.29, 1.82) is 0 Å². The molecule has 81 valence electrons. The van der Waals surface area contributed by atoms with E-state index in [0.717, 1.165) is 5.75 Å². The Morgan fingerprint density at radius 2 is 2.00 bits per heavy atom. The van der Waals surface area contributed by atoms with Gasteiger partial charge in [0.2, 0.25) is 0 Å². The molecule has 0 atom stereocenters. The lowest BCUT2D eigenvalue weighted by Crippen LogP contribution is -2.19. The van der Waals surface area contributed by atoms with E-state index in [-0.39, 0.29) is 0 Å². The summed E-state index contributed by atoms with van der Waals surface area (Å²) in [5.74, 6) is 1.03. The van der Waals surface area contributed by atoms with Crippen LogP contribution in [0.15, 0.2) is 24.3 Å². The van der Waals surface area contributed by atoms with Crippen molar-refractivity contribution >= 4 is 0 Å². The van der Waals surface area contributed by atoms with Crippen LogP contribution in [-0.2, 0) is 0 Å². The predicted molar refractivity (Wildman–Crippen MR) is 63.0 cm³/mol. The molecule has 1 aliphatic rings. The van der Waals surface area contributed by atoms with Crippen molar-refractivity contribution in [2.45, 2.75) is 45.1 Å². The Morgan fingerprint density at radius 1 is 1.20 bits per heavy atom. The summed E-state index contributed by atoms with van der Waals surface area (Å²) >= 11 is 0. The number of ether oxygens (including phenoxy) is 1. The van der Waals surface area contributed by atoms with Gasteiger partial charge in [0.25, 0.3) is 0 Å². The fourth-order valence-electron chi connectivity index (χ4n) is 2.14. The second-order valence-corrected chi connectivity index (χ2v) is 4.24. The molecule has 0 N–H and O–H groups in total. The predicted octanol–water partition coefficient (Wildman–Crippen LogP) is 3.97. The molecule has 1 radical (unpaired) electrons. The summed E-state index contributed by atoms with van der Waals surface area (Å²) in [6.07, 6.45) is 9.02. The first kappa shape index (κ1) is 10.5. The SMILES string of the molecule is C[CH]c1cccc(OC2CCCCC2)c1. The van der Waals surface area contributed by atoms with Gasteiger partial charge in [0.15, 0.2) is 0 Å². The quantitative estimate of drug-likeness (QED) is 0.722. The maximum atomic E-state index is 5.98. The topological polar surface area (TPSA) is 9.23 Å². The molecule has 15 heavy (non-hydrogen) atoms. The lowest BCUT2D eigenvalue weighted by molar-refractivity contribution is 0.155. The summed E-state index contributed by atoms with van der Waals surface area (Å²) in [5, 5.41) is 0. The van der Waals surface area contributed by atoms with Crippen molar-refractivity contribution in [1.82, 2.24) is 0 Å². The van der Waals surface area contributed by atoms with E-state index in [9.17, 15) is 0 Å².